The van der Waals surface area contributed by atoms with Crippen LogP contribution in [0.5, 0.6) is 11.5 Å². The molecule has 3 nitrogen and oxygen atoms in total. The van der Waals surface area contributed by atoms with Crippen LogP contribution in [-0.4, -0.2) is 17.4 Å². The fourth-order valence-electron chi connectivity index (χ4n) is 5.37. The fraction of sp³-hybridized carbons (Fsp3) is 0.781. The molecular weight excluding hydrogens is 512 g/mol. The SMILES string of the molecule is Cc1c(C)c2c(c(C)c1OC(=O)CCCCCBr)CCC(CCCCCCCCCCCC(C)C)O2. The minimum Gasteiger partial charge on any atom is -0.490 e. The summed E-state index contributed by atoms with van der Waals surface area (Å²) in [4.78, 5) is 12.4. The molecule has 4 heteroatoms. The van der Waals surface area contributed by atoms with Crippen molar-refractivity contribution in [2.75, 3.05) is 5.33 Å². The van der Waals surface area contributed by atoms with E-state index >= 15 is 0 Å². The molecule has 0 N–H and O–H groups in total. The molecule has 0 fully saturated rings. The van der Waals surface area contributed by atoms with Gasteiger partial charge in [0.1, 0.15) is 11.5 Å². The van der Waals surface area contributed by atoms with E-state index < -0.39 is 0 Å². The highest BCUT2D eigenvalue weighted by Crippen LogP contribution is 2.42. The van der Waals surface area contributed by atoms with Crippen molar-refractivity contribution in [2.45, 2.75) is 150 Å². The van der Waals surface area contributed by atoms with Crippen molar-refractivity contribution in [1.82, 2.24) is 0 Å². The number of unbranched alkanes of at least 4 members (excludes halogenated alkanes) is 10. The maximum absolute atomic E-state index is 12.4. The molecule has 1 aliphatic rings. The molecule has 0 radical (unpaired) electrons. The zero-order chi connectivity index (χ0) is 26.3. The zero-order valence-corrected chi connectivity index (χ0v) is 25.6. The van der Waals surface area contributed by atoms with E-state index in [0.717, 1.165) is 78.0 Å². The zero-order valence-electron chi connectivity index (χ0n) is 24.0. The molecular formula is C32H53BrO3. The lowest BCUT2D eigenvalue weighted by Crippen LogP contribution is -2.24. The van der Waals surface area contributed by atoms with E-state index in [4.69, 9.17) is 9.47 Å². The van der Waals surface area contributed by atoms with Crippen LogP contribution in [0.2, 0.25) is 0 Å². The van der Waals surface area contributed by atoms with Gasteiger partial charge in [0.05, 0.1) is 6.10 Å². The Morgan fingerprint density at radius 1 is 0.861 bits per heavy atom. The van der Waals surface area contributed by atoms with Crippen LogP contribution in [0.15, 0.2) is 0 Å². The number of halogens is 1. The van der Waals surface area contributed by atoms with Gasteiger partial charge in [-0.15, -0.1) is 0 Å². The molecule has 1 aromatic rings. The van der Waals surface area contributed by atoms with Crippen LogP contribution in [0.3, 0.4) is 0 Å². The average Bonchev–Trinajstić information content (AvgIpc) is 2.86. The van der Waals surface area contributed by atoms with Gasteiger partial charge in [0.2, 0.25) is 0 Å². The highest BCUT2D eigenvalue weighted by Gasteiger charge is 2.27. The Balaban J connectivity index is 1.72. The number of hydrogen-bond donors (Lipinski definition) is 0. The number of ether oxygens (including phenoxy) is 2. The van der Waals surface area contributed by atoms with Gasteiger partial charge in [0.25, 0.3) is 0 Å². The van der Waals surface area contributed by atoms with Gasteiger partial charge in [0, 0.05) is 17.3 Å². The number of rotatable bonds is 18. The number of carbonyl (C=O) groups is 1. The quantitative estimate of drug-likeness (QED) is 0.0769. The maximum Gasteiger partial charge on any atom is 0.311 e. The molecule has 0 saturated carbocycles. The number of carbonyl (C=O) groups excluding carboxylic acids is 1. The minimum absolute atomic E-state index is 0.115. The van der Waals surface area contributed by atoms with Crippen molar-refractivity contribution in [1.29, 1.82) is 0 Å². The number of hydrogen-bond acceptors (Lipinski definition) is 3. The Morgan fingerprint density at radius 2 is 1.47 bits per heavy atom. The number of benzene rings is 1. The van der Waals surface area contributed by atoms with E-state index in [1.165, 1.54) is 69.8 Å². The normalized spacial score (nSPS) is 15.1. The van der Waals surface area contributed by atoms with Crippen LogP contribution < -0.4 is 9.47 Å². The minimum atomic E-state index is -0.115. The van der Waals surface area contributed by atoms with Gasteiger partial charge < -0.3 is 9.47 Å². The molecule has 0 aliphatic carbocycles. The molecule has 0 amide bonds. The third-order valence-corrected chi connectivity index (χ3v) is 8.41. The molecule has 1 aromatic carbocycles. The molecule has 1 atom stereocenters. The average molecular weight is 566 g/mol. The second-order valence-corrected chi connectivity index (χ2v) is 12.2. The number of fused-ring (bicyclic) bond motifs is 1. The third kappa shape index (κ3) is 10.8. The first-order valence-corrected chi connectivity index (χ1v) is 16.0. The summed E-state index contributed by atoms with van der Waals surface area (Å²) in [5.41, 5.74) is 4.51. The Labute approximate surface area is 230 Å². The van der Waals surface area contributed by atoms with Crippen molar-refractivity contribution in [3.05, 3.63) is 22.3 Å². The summed E-state index contributed by atoms with van der Waals surface area (Å²) in [6.07, 6.45) is 20.8. The summed E-state index contributed by atoms with van der Waals surface area (Å²) in [5, 5.41) is 0.990. The van der Waals surface area contributed by atoms with Crippen molar-refractivity contribution in [3.8, 4) is 11.5 Å². The Bertz CT molecular complexity index is 786. The van der Waals surface area contributed by atoms with Gasteiger partial charge in [-0.05, 0) is 81.9 Å². The lowest BCUT2D eigenvalue weighted by molar-refractivity contribution is -0.134. The molecule has 0 aromatic heterocycles. The van der Waals surface area contributed by atoms with Crippen LogP contribution in [0.25, 0.3) is 0 Å². The van der Waals surface area contributed by atoms with Crippen molar-refractivity contribution < 1.29 is 14.3 Å². The van der Waals surface area contributed by atoms with Crippen LogP contribution in [0.1, 0.15) is 139 Å². The highest BCUT2D eigenvalue weighted by atomic mass is 79.9. The molecule has 2 rings (SSSR count). The van der Waals surface area contributed by atoms with Crippen LogP contribution in [-0.2, 0) is 11.2 Å². The van der Waals surface area contributed by atoms with E-state index in [1.807, 2.05) is 0 Å². The molecule has 1 aliphatic heterocycles. The predicted octanol–water partition coefficient (Wildman–Crippen LogP) is 10.1. The van der Waals surface area contributed by atoms with E-state index in [9.17, 15) is 4.79 Å². The third-order valence-electron chi connectivity index (χ3n) is 7.85. The first-order valence-electron chi connectivity index (χ1n) is 14.9. The van der Waals surface area contributed by atoms with Crippen molar-refractivity contribution >= 4 is 21.9 Å². The molecule has 206 valence electrons. The molecule has 0 spiro atoms. The Morgan fingerprint density at radius 3 is 2.11 bits per heavy atom. The van der Waals surface area contributed by atoms with Crippen molar-refractivity contribution in [3.63, 3.8) is 0 Å². The van der Waals surface area contributed by atoms with Crippen LogP contribution in [0, 0.1) is 26.7 Å². The Hall–Kier alpha value is -1.03. The summed E-state index contributed by atoms with van der Waals surface area (Å²) in [5.74, 6) is 2.56. The summed E-state index contributed by atoms with van der Waals surface area (Å²) in [6.45, 7) is 10.9. The topological polar surface area (TPSA) is 35.5 Å². The summed E-state index contributed by atoms with van der Waals surface area (Å²) < 4.78 is 12.4. The summed E-state index contributed by atoms with van der Waals surface area (Å²) >= 11 is 3.45. The van der Waals surface area contributed by atoms with E-state index in [-0.39, 0.29) is 5.97 Å². The first kappa shape index (κ1) is 31.2. The Kier molecular flexibility index (Phi) is 15.1. The summed E-state index contributed by atoms with van der Waals surface area (Å²) in [6, 6.07) is 0. The van der Waals surface area contributed by atoms with E-state index in [0.29, 0.717) is 12.5 Å². The van der Waals surface area contributed by atoms with E-state index in [2.05, 4.69) is 50.5 Å². The maximum atomic E-state index is 12.4. The second kappa shape index (κ2) is 17.5. The molecule has 0 bridgehead atoms. The van der Waals surface area contributed by atoms with Gasteiger partial charge >= 0.3 is 5.97 Å². The van der Waals surface area contributed by atoms with Gasteiger partial charge in [-0.2, -0.15) is 0 Å². The number of alkyl halides is 1. The molecule has 36 heavy (non-hydrogen) atoms. The lowest BCUT2D eigenvalue weighted by atomic mass is 9.90. The standard InChI is InChI=1S/C32H53BrO3/c1-24(2)18-14-11-9-7-6-8-10-12-15-19-28-21-22-29-27(5)31(25(3)26(4)32(29)35-28)36-30(34)20-16-13-17-23-33/h24,28H,6-23H2,1-5H3. The summed E-state index contributed by atoms with van der Waals surface area (Å²) in [7, 11) is 0. The predicted molar refractivity (Wildman–Crippen MR) is 157 cm³/mol. The molecule has 1 heterocycles. The van der Waals surface area contributed by atoms with Gasteiger partial charge in [0.15, 0.2) is 0 Å². The first-order chi connectivity index (χ1) is 17.3. The van der Waals surface area contributed by atoms with Gasteiger partial charge in [-0.3, -0.25) is 4.79 Å². The number of esters is 1. The monoisotopic (exact) mass is 564 g/mol. The molecule has 0 saturated heterocycles. The largest absolute Gasteiger partial charge is 0.490 e. The van der Waals surface area contributed by atoms with E-state index in [1.54, 1.807) is 0 Å². The van der Waals surface area contributed by atoms with Crippen LogP contribution in [0.4, 0.5) is 0 Å². The van der Waals surface area contributed by atoms with Crippen molar-refractivity contribution in [2.24, 2.45) is 5.92 Å². The molecule has 1 unspecified atom stereocenters. The van der Waals surface area contributed by atoms with Gasteiger partial charge in [-0.1, -0.05) is 94.0 Å². The lowest BCUT2D eigenvalue weighted by Gasteiger charge is -2.30. The van der Waals surface area contributed by atoms with Crippen LogP contribution >= 0.6 is 15.9 Å². The second-order valence-electron chi connectivity index (χ2n) is 11.4. The smallest absolute Gasteiger partial charge is 0.311 e. The fourth-order valence-corrected chi connectivity index (χ4v) is 5.77. The van der Waals surface area contributed by atoms with Gasteiger partial charge in [-0.25, -0.2) is 0 Å². The highest BCUT2D eigenvalue weighted by molar-refractivity contribution is 9.09.